The zero-order chi connectivity index (χ0) is 20.5. The van der Waals surface area contributed by atoms with Crippen LogP contribution in [0.3, 0.4) is 0 Å². The first-order valence-corrected chi connectivity index (χ1v) is 8.94. The minimum absolute atomic E-state index is 0.119. The molecule has 0 aliphatic rings. The second-order valence-corrected chi connectivity index (χ2v) is 6.65. The summed E-state index contributed by atoms with van der Waals surface area (Å²) >= 11 is 0. The third-order valence-electron chi connectivity index (χ3n) is 3.94. The monoisotopic (exact) mass is 384 g/mol. The molecule has 0 heterocycles. The van der Waals surface area contributed by atoms with Crippen LogP contribution >= 0.6 is 0 Å². The Morgan fingerprint density at radius 3 is 2.39 bits per heavy atom. The first-order valence-electron chi connectivity index (χ1n) is 8.94. The highest BCUT2D eigenvalue weighted by Crippen LogP contribution is 2.18. The minimum atomic E-state index is -1.09. The number of ether oxygens (including phenoxy) is 1. The Labute approximate surface area is 163 Å². The zero-order valence-electron chi connectivity index (χ0n) is 15.8. The lowest BCUT2D eigenvalue weighted by atomic mass is 10.0. The third kappa shape index (κ3) is 6.75. The lowest BCUT2D eigenvalue weighted by molar-refractivity contribution is -0.139. The maximum atomic E-state index is 12.7. The van der Waals surface area contributed by atoms with Crippen LogP contribution in [0.4, 0.5) is 5.69 Å². The van der Waals surface area contributed by atoms with Crippen LogP contribution in [0.15, 0.2) is 54.6 Å². The lowest BCUT2D eigenvalue weighted by Crippen LogP contribution is -2.47. The van der Waals surface area contributed by atoms with Gasteiger partial charge in [0.25, 0.3) is 0 Å². The van der Waals surface area contributed by atoms with Gasteiger partial charge in [0.05, 0.1) is 6.42 Å². The second kappa shape index (κ2) is 10.1. The van der Waals surface area contributed by atoms with Crippen LogP contribution in [0.25, 0.3) is 0 Å². The molecule has 0 spiro atoms. The molecule has 1 unspecified atom stereocenters. The smallest absolute Gasteiger partial charge is 0.341 e. The number of anilines is 1. The van der Waals surface area contributed by atoms with Gasteiger partial charge in [0.2, 0.25) is 11.8 Å². The summed E-state index contributed by atoms with van der Waals surface area (Å²) in [4.78, 5) is 35.6. The molecule has 2 aromatic carbocycles. The van der Waals surface area contributed by atoms with Gasteiger partial charge in [-0.3, -0.25) is 9.59 Å². The average Bonchev–Trinajstić information content (AvgIpc) is 2.65. The van der Waals surface area contributed by atoms with E-state index in [0.29, 0.717) is 11.4 Å². The van der Waals surface area contributed by atoms with Crippen molar-refractivity contribution in [3.63, 3.8) is 0 Å². The topological polar surface area (TPSA) is 105 Å². The number of carbonyl (C=O) groups is 3. The molecular formula is C21H24N2O5. The Kier molecular flexibility index (Phi) is 7.56. The van der Waals surface area contributed by atoms with Crippen LogP contribution in [0, 0.1) is 5.92 Å². The van der Waals surface area contributed by atoms with Crippen molar-refractivity contribution in [3.05, 3.63) is 60.2 Å². The van der Waals surface area contributed by atoms with E-state index >= 15 is 0 Å². The number of nitrogens with one attached hydrogen (secondary N) is 2. The van der Waals surface area contributed by atoms with Crippen molar-refractivity contribution in [1.29, 1.82) is 0 Å². The Balaban J connectivity index is 1.99. The predicted molar refractivity (Wildman–Crippen MR) is 105 cm³/mol. The van der Waals surface area contributed by atoms with Gasteiger partial charge in [0.15, 0.2) is 6.61 Å². The molecule has 0 aliphatic carbocycles. The Morgan fingerprint density at radius 2 is 1.75 bits per heavy atom. The third-order valence-corrected chi connectivity index (χ3v) is 3.94. The molecule has 2 rings (SSSR count). The minimum Gasteiger partial charge on any atom is -0.482 e. The van der Waals surface area contributed by atoms with Gasteiger partial charge in [0.1, 0.15) is 11.8 Å². The number of carboxylic acid groups (broad SMARTS) is 1. The van der Waals surface area contributed by atoms with Crippen molar-refractivity contribution in [2.75, 3.05) is 11.9 Å². The Hall–Kier alpha value is -3.35. The highest BCUT2D eigenvalue weighted by molar-refractivity contribution is 5.97. The summed E-state index contributed by atoms with van der Waals surface area (Å²) in [6, 6.07) is 15.0. The Bertz CT molecular complexity index is 821. The van der Waals surface area contributed by atoms with E-state index in [4.69, 9.17) is 9.84 Å². The molecule has 7 heteroatoms. The van der Waals surface area contributed by atoms with Crippen molar-refractivity contribution >= 4 is 23.5 Å². The van der Waals surface area contributed by atoms with Crippen molar-refractivity contribution in [3.8, 4) is 5.75 Å². The molecule has 0 bridgehead atoms. The average molecular weight is 384 g/mol. The van der Waals surface area contributed by atoms with E-state index in [1.54, 1.807) is 18.2 Å². The fraction of sp³-hybridized carbons (Fsp3) is 0.286. The molecule has 0 aromatic heterocycles. The van der Waals surface area contributed by atoms with Crippen LogP contribution in [0.1, 0.15) is 19.4 Å². The predicted octanol–water partition coefficient (Wildman–Crippen LogP) is 2.47. The fourth-order valence-corrected chi connectivity index (χ4v) is 2.57. The van der Waals surface area contributed by atoms with Gasteiger partial charge < -0.3 is 20.5 Å². The first-order chi connectivity index (χ1) is 13.3. The lowest BCUT2D eigenvalue weighted by Gasteiger charge is -2.22. The molecule has 3 N–H and O–H groups in total. The van der Waals surface area contributed by atoms with Crippen LogP contribution in [0.2, 0.25) is 0 Å². The second-order valence-electron chi connectivity index (χ2n) is 6.65. The van der Waals surface area contributed by atoms with E-state index < -0.39 is 18.6 Å². The zero-order valence-corrected chi connectivity index (χ0v) is 15.8. The van der Waals surface area contributed by atoms with Crippen molar-refractivity contribution in [1.82, 2.24) is 5.32 Å². The van der Waals surface area contributed by atoms with Crippen LogP contribution in [0.5, 0.6) is 5.75 Å². The number of aliphatic carboxylic acids is 1. The van der Waals surface area contributed by atoms with Crippen molar-refractivity contribution < 1.29 is 24.2 Å². The Morgan fingerprint density at radius 1 is 1.04 bits per heavy atom. The van der Waals surface area contributed by atoms with Gasteiger partial charge in [-0.25, -0.2) is 4.79 Å². The molecule has 1 atom stereocenters. The van der Waals surface area contributed by atoms with Gasteiger partial charge in [-0.05, 0) is 23.6 Å². The summed E-state index contributed by atoms with van der Waals surface area (Å²) < 4.78 is 5.11. The summed E-state index contributed by atoms with van der Waals surface area (Å²) in [5.41, 5.74) is 1.32. The van der Waals surface area contributed by atoms with Crippen LogP contribution in [-0.4, -0.2) is 35.5 Å². The fourth-order valence-electron chi connectivity index (χ4n) is 2.57. The quantitative estimate of drug-likeness (QED) is 0.616. The summed E-state index contributed by atoms with van der Waals surface area (Å²) in [6.45, 7) is 3.22. The van der Waals surface area contributed by atoms with E-state index in [-0.39, 0.29) is 24.2 Å². The van der Waals surface area contributed by atoms with E-state index in [0.717, 1.165) is 5.56 Å². The van der Waals surface area contributed by atoms with E-state index in [1.807, 2.05) is 44.2 Å². The molecule has 0 saturated carbocycles. The van der Waals surface area contributed by atoms with Crippen molar-refractivity contribution in [2.45, 2.75) is 26.3 Å². The van der Waals surface area contributed by atoms with Crippen LogP contribution < -0.4 is 15.4 Å². The number of amides is 2. The molecule has 0 saturated heterocycles. The highest BCUT2D eigenvalue weighted by atomic mass is 16.5. The molecule has 0 aliphatic heterocycles. The van der Waals surface area contributed by atoms with Crippen LogP contribution in [-0.2, 0) is 20.8 Å². The number of hydrogen-bond acceptors (Lipinski definition) is 4. The molecule has 7 nitrogen and oxygen atoms in total. The summed E-state index contributed by atoms with van der Waals surface area (Å²) in [7, 11) is 0. The maximum Gasteiger partial charge on any atom is 0.341 e. The van der Waals surface area contributed by atoms with E-state index in [1.165, 1.54) is 6.07 Å². The highest BCUT2D eigenvalue weighted by Gasteiger charge is 2.24. The standard InChI is InChI=1S/C21H24N2O5/c1-14(2)20(23-18(24)11-15-7-4-3-5-8-15)21(27)22-16-9-6-10-17(12-16)28-13-19(25)26/h3-10,12,14,20H,11,13H2,1-2H3,(H,22,27)(H,23,24)(H,25,26). The number of carboxylic acids is 1. The van der Waals surface area contributed by atoms with Gasteiger partial charge in [0, 0.05) is 11.8 Å². The van der Waals surface area contributed by atoms with E-state index in [9.17, 15) is 14.4 Å². The van der Waals surface area contributed by atoms with Gasteiger partial charge >= 0.3 is 5.97 Å². The molecule has 148 valence electrons. The molecule has 28 heavy (non-hydrogen) atoms. The summed E-state index contributed by atoms with van der Waals surface area (Å²) in [5.74, 6) is -1.47. The normalized spacial score (nSPS) is 11.5. The van der Waals surface area contributed by atoms with Gasteiger partial charge in [-0.15, -0.1) is 0 Å². The largest absolute Gasteiger partial charge is 0.482 e. The molecule has 2 amide bonds. The maximum absolute atomic E-state index is 12.7. The molecule has 0 fully saturated rings. The van der Waals surface area contributed by atoms with Gasteiger partial charge in [-0.1, -0.05) is 50.2 Å². The number of hydrogen-bond donors (Lipinski definition) is 3. The van der Waals surface area contributed by atoms with Gasteiger partial charge in [-0.2, -0.15) is 0 Å². The molecular weight excluding hydrogens is 360 g/mol. The summed E-state index contributed by atoms with van der Waals surface area (Å²) in [5, 5.41) is 14.2. The van der Waals surface area contributed by atoms with E-state index in [2.05, 4.69) is 10.6 Å². The SMILES string of the molecule is CC(C)C(NC(=O)Cc1ccccc1)C(=O)Nc1cccc(OCC(=O)O)c1. The summed E-state index contributed by atoms with van der Waals surface area (Å²) in [6.07, 6.45) is 0.190. The number of rotatable bonds is 9. The number of benzene rings is 2. The molecule has 0 radical (unpaired) electrons. The molecule has 2 aromatic rings. The van der Waals surface area contributed by atoms with Crippen molar-refractivity contribution in [2.24, 2.45) is 5.92 Å². The number of carbonyl (C=O) groups excluding carboxylic acids is 2. The first kappa shape index (κ1) is 21.0.